The second-order valence-electron chi connectivity index (χ2n) is 9.85. The van der Waals surface area contributed by atoms with Crippen molar-refractivity contribution < 1.29 is 19.2 Å². The Morgan fingerprint density at radius 1 is 1.12 bits per heavy atom. The number of fused-ring (bicyclic) bond motifs is 1. The number of thiazole rings is 1. The van der Waals surface area contributed by atoms with Crippen molar-refractivity contribution in [3.63, 3.8) is 0 Å². The summed E-state index contributed by atoms with van der Waals surface area (Å²) in [5, 5.41) is 11.6. The van der Waals surface area contributed by atoms with Gasteiger partial charge in [0.2, 0.25) is 0 Å². The van der Waals surface area contributed by atoms with E-state index in [9.17, 15) is 19.7 Å². The Morgan fingerprint density at radius 2 is 1.85 bits per heavy atom. The third kappa shape index (κ3) is 5.67. The summed E-state index contributed by atoms with van der Waals surface area (Å²) in [6.07, 6.45) is 4.93. The second-order valence-corrected chi connectivity index (χ2v) is 10.9. The highest BCUT2D eigenvalue weighted by molar-refractivity contribution is 7.07. The molecule has 0 spiro atoms. The summed E-state index contributed by atoms with van der Waals surface area (Å²) in [4.78, 5) is 45.7. The molecule has 1 fully saturated rings. The minimum atomic E-state index is -0.755. The van der Waals surface area contributed by atoms with E-state index in [2.05, 4.69) is 9.89 Å². The van der Waals surface area contributed by atoms with Crippen LogP contribution in [0.5, 0.6) is 5.75 Å². The second kappa shape index (κ2) is 12.1. The minimum absolute atomic E-state index is 0.0440. The fraction of sp³-hybridized carbons (Fsp3) is 0.367. The standard InChI is InChI=1S/C30H32N4O6S/c1-4-39-23-12-9-20(10-13-23)27-26(29(36)40-5-2)19(3)31-30-33(27)28(35)25(41-30)18-21-17-22(34(37)38)11-14-24(21)32-15-7-6-8-16-32/h9-14,17-18,27H,4-8,15-16H2,1-3H3/b25-18+/t27-/m1/s1. The molecule has 0 bridgehead atoms. The number of rotatable bonds is 8. The molecule has 5 rings (SSSR count). The van der Waals surface area contributed by atoms with Gasteiger partial charge >= 0.3 is 5.97 Å². The number of hydrogen-bond acceptors (Lipinski definition) is 9. The van der Waals surface area contributed by atoms with Crippen LogP contribution in [-0.2, 0) is 9.53 Å². The van der Waals surface area contributed by atoms with E-state index in [-0.39, 0.29) is 17.9 Å². The van der Waals surface area contributed by atoms with Crippen molar-refractivity contribution in [3.05, 3.63) is 94.7 Å². The first-order valence-electron chi connectivity index (χ1n) is 13.8. The van der Waals surface area contributed by atoms with E-state index in [0.29, 0.717) is 44.1 Å². The van der Waals surface area contributed by atoms with Crippen molar-refractivity contribution in [2.45, 2.75) is 46.1 Å². The Labute approximate surface area is 241 Å². The number of piperidine rings is 1. The van der Waals surface area contributed by atoms with E-state index >= 15 is 0 Å². The van der Waals surface area contributed by atoms with Crippen LogP contribution in [-0.4, -0.2) is 41.8 Å². The number of non-ortho nitro benzene ring substituents is 1. The highest BCUT2D eigenvalue weighted by Gasteiger charge is 2.33. The average Bonchev–Trinajstić information content (AvgIpc) is 3.27. The Kier molecular flexibility index (Phi) is 8.34. The van der Waals surface area contributed by atoms with Crippen LogP contribution in [0.15, 0.2) is 63.5 Å². The van der Waals surface area contributed by atoms with E-state index in [4.69, 9.17) is 9.47 Å². The number of ether oxygens (including phenoxy) is 2. The number of carbonyl (C=O) groups is 1. The summed E-state index contributed by atoms with van der Waals surface area (Å²) in [6, 6.07) is 11.3. The number of nitro groups is 1. The lowest BCUT2D eigenvalue weighted by Crippen LogP contribution is -2.40. The van der Waals surface area contributed by atoms with Crippen LogP contribution in [0.3, 0.4) is 0 Å². The van der Waals surface area contributed by atoms with Gasteiger partial charge in [-0.15, -0.1) is 0 Å². The predicted molar refractivity (Wildman–Crippen MR) is 157 cm³/mol. The number of esters is 1. The fourth-order valence-electron chi connectivity index (χ4n) is 5.36. The molecule has 1 saturated heterocycles. The van der Waals surface area contributed by atoms with Crippen molar-refractivity contribution in [2.24, 2.45) is 4.99 Å². The summed E-state index contributed by atoms with van der Waals surface area (Å²) < 4.78 is 12.8. The van der Waals surface area contributed by atoms with Gasteiger partial charge in [0, 0.05) is 36.5 Å². The van der Waals surface area contributed by atoms with Crippen molar-refractivity contribution >= 4 is 34.8 Å². The molecule has 41 heavy (non-hydrogen) atoms. The predicted octanol–water partition coefficient (Wildman–Crippen LogP) is 4.10. The van der Waals surface area contributed by atoms with E-state index in [1.807, 2.05) is 19.1 Å². The number of carbonyl (C=O) groups excluding carboxylic acids is 1. The summed E-state index contributed by atoms with van der Waals surface area (Å²) in [7, 11) is 0. The maximum Gasteiger partial charge on any atom is 0.338 e. The molecular weight excluding hydrogens is 544 g/mol. The third-order valence-corrected chi connectivity index (χ3v) is 8.21. The lowest BCUT2D eigenvalue weighted by atomic mass is 9.96. The lowest BCUT2D eigenvalue weighted by molar-refractivity contribution is -0.384. The van der Waals surface area contributed by atoms with Gasteiger partial charge in [0.25, 0.3) is 11.2 Å². The molecule has 11 heteroatoms. The molecule has 0 radical (unpaired) electrons. The number of nitrogens with zero attached hydrogens (tertiary/aromatic N) is 4. The molecule has 0 aliphatic carbocycles. The van der Waals surface area contributed by atoms with E-state index in [1.54, 1.807) is 38.1 Å². The monoisotopic (exact) mass is 576 g/mol. The molecule has 2 aliphatic rings. The number of benzene rings is 2. The van der Waals surface area contributed by atoms with E-state index in [1.165, 1.54) is 28.0 Å². The molecule has 0 N–H and O–H groups in total. The fourth-order valence-corrected chi connectivity index (χ4v) is 6.39. The van der Waals surface area contributed by atoms with Crippen molar-refractivity contribution in [1.82, 2.24) is 4.57 Å². The van der Waals surface area contributed by atoms with Crippen LogP contribution in [0.2, 0.25) is 0 Å². The number of anilines is 1. The molecule has 3 heterocycles. The molecule has 10 nitrogen and oxygen atoms in total. The minimum Gasteiger partial charge on any atom is -0.494 e. The first-order valence-corrected chi connectivity index (χ1v) is 14.6. The third-order valence-electron chi connectivity index (χ3n) is 7.23. The first kappa shape index (κ1) is 28.3. The average molecular weight is 577 g/mol. The number of allylic oxidation sites excluding steroid dienone is 1. The SMILES string of the molecule is CCOC(=O)C1=C(C)N=c2s/c(=C/c3cc([N+](=O)[O-])ccc3N3CCCCC3)c(=O)n2[C@@H]1c1ccc(OCC)cc1. The summed E-state index contributed by atoms with van der Waals surface area (Å²) in [6.45, 7) is 7.75. The van der Waals surface area contributed by atoms with Crippen LogP contribution in [0.1, 0.15) is 57.2 Å². The Hall–Kier alpha value is -4.25. The quantitative estimate of drug-likeness (QED) is 0.225. The normalized spacial score (nSPS) is 17.2. The highest BCUT2D eigenvalue weighted by atomic mass is 32.1. The van der Waals surface area contributed by atoms with Crippen LogP contribution < -0.4 is 24.5 Å². The van der Waals surface area contributed by atoms with Gasteiger partial charge in [-0.2, -0.15) is 0 Å². The van der Waals surface area contributed by atoms with Crippen molar-refractivity contribution in [3.8, 4) is 5.75 Å². The summed E-state index contributed by atoms with van der Waals surface area (Å²) in [5.41, 5.74) is 2.55. The van der Waals surface area contributed by atoms with Crippen LogP contribution in [0.4, 0.5) is 11.4 Å². The number of nitro benzene ring substituents is 1. The van der Waals surface area contributed by atoms with Gasteiger partial charge < -0.3 is 14.4 Å². The molecular formula is C30H32N4O6S. The summed E-state index contributed by atoms with van der Waals surface area (Å²) in [5.74, 6) is 0.144. The Balaban J connectivity index is 1.69. The number of aromatic nitrogens is 1. The van der Waals surface area contributed by atoms with Crippen LogP contribution in [0, 0.1) is 10.1 Å². The van der Waals surface area contributed by atoms with Gasteiger partial charge in [-0.05, 0) is 69.9 Å². The van der Waals surface area contributed by atoms with Gasteiger partial charge in [-0.1, -0.05) is 23.5 Å². The molecule has 0 unspecified atom stereocenters. The molecule has 214 valence electrons. The van der Waals surface area contributed by atoms with E-state index < -0.39 is 16.9 Å². The molecule has 1 atom stereocenters. The van der Waals surface area contributed by atoms with Crippen LogP contribution in [0.25, 0.3) is 6.08 Å². The Morgan fingerprint density at radius 3 is 2.51 bits per heavy atom. The maximum absolute atomic E-state index is 14.0. The molecule has 1 aromatic heterocycles. The molecule has 0 saturated carbocycles. The topological polar surface area (TPSA) is 116 Å². The Bertz CT molecular complexity index is 1680. The van der Waals surface area contributed by atoms with Crippen LogP contribution >= 0.6 is 11.3 Å². The van der Waals surface area contributed by atoms with Crippen molar-refractivity contribution in [1.29, 1.82) is 0 Å². The molecule has 3 aromatic rings. The number of hydrogen-bond donors (Lipinski definition) is 0. The maximum atomic E-state index is 14.0. The molecule has 0 amide bonds. The lowest BCUT2D eigenvalue weighted by Gasteiger charge is -2.30. The van der Waals surface area contributed by atoms with Gasteiger partial charge in [-0.3, -0.25) is 19.5 Å². The van der Waals surface area contributed by atoms with Gasteiger partial charge in [0.05, 0.1) is 40.0 Å². The zero-order chi connectivity index (χ0) is 29.1. The smallest absolute Gasteiger partial charge is 0.338 e. The van der Waals surface area contributed by atoms with Gasteiger partial charge in [0.15, 0.2) is 4.80 Å². The van der Waals surface area contributed by atoms with Gasteiger partial charge in [0.1, 0.15) is 5.75 Å². The zero-order valence-corrected chi connectivity index (χ0v) is 24.1. The molecule has 2 aliphatic heterocycles. The highest BCUT2D eigenvalue weighted by Crippen LogP contribution is 2.32. The molecule has 2 aromatic carbocycles. The summed E-state index contributed by atoms with van der Waals surface area (Å²) >= 11 is 1.20. The van der Waals surface area contributed by atoms with E-state index in [0.717, 1.165) is 38.0 Å². The zero-order valence-electron chi connectivity index (χ0n) is 23.3. The largest absolute Gasteiger partial charge is 0.494 e. The van der Waals surface area contributed by atoms with Gasteiger partial charge in [-0.25, -0.2) is 9.79 Å². The first-order chi connectivity index (χ1) is 19.8. The van der Waals surface area contributed by atoms with Crippen molar-refractivity contribution in [2.75, 3.05) is 31.2 Å².